The van der Waals surface area contributed by atoms with Gasteiger partial charge in [-0.05, 0) is 44.9 Å². The first kappa shape index (κ1) is 15.8. The molecule has 1 unspecified atom stereocenters. The van der Waals surface area contributed by atoms with Gasteiger partial charge in [0.05, 0.1) is 5.60 Å². The standard InChI is InChI=1S/C17H26O2/c1-6-8-9-16(19-17(3,4)5)18-15-12-10-14(7-2)11-13-15/h7,10-13,16H,2,6,8-9H2,1,3-5H3. The summed E-state index contributed by atoms with van der Waals surface area (Å²) in [5, 5.41) is 0. The highest BCUT2D eigenvalue weighted by Gasteiger charge is 2.19. The van der Waals surface area contributed by atoms with E-state index in [0.717, 1.165) is 30.6 Å². The Balaban J connectivity index is 2.66. The zero-order valence-electron chi connectivity index (χ0n) is 12.6. The number of benzene rings is 1. The molecule has 0 bridgehead atoms. The Hall–Kier alpha value is -1.28. The molecule has 0 amide bonds. The van der Waals surface area contributed by atoms with Gasteiger partial charge >= 0.3 is 0 Å². The fourth-order valence-electron chi connectivity index (χ4n) is 1.74. The second-order valence-electron chi connectivity index (χ2n) is 5.69. The van der Waals surface area contributed by atoms with Crippen LogP contribution in [0.4, 0.5) is 0 Å². The zero-order chi connectivity index (χ0) is 14.3. The largest absolute Gasteiger partial charge is 0.465 e. The van der Waals surface area contributed by atoms with Crippen molar-refractivity contribution in [3.8, 4) is 5.75 Å². The van der Waals surface area contributed by atoms with Crippen LogP contribution in [-0.4, -0.2) is 11.9 Å². The van der Waals surface area contributed by atoms with E-state index in [0.29, 0.717) is 0 Å². The highest BCUT2D eigenvalue weighted by atomic mass is 16.7. The minimum Gasteiger partial charge on any atom is -0.465 e. The van der Waals surface area contributed by atoms with Crippen molar-refractivity contribution < 1.29 is 9.47 Å². The third-order valence-electron chi connectivity index (χ3n) is 2.66. The predicted octanol–water partition coefficient (Wildman–Crippen LogP) is 5.04. The Morgan fingerprint density at radius 2 is 1.84 bits per heavy atom. The van der Waals surface area contributed by atoms with Crippen molar-refractivity contribution in [3.05, 3.63) is 36.4 Å². The van der Waals surface area contributed by atoms with E-state index >= 15 is 0 Å². The molecule has 1 atom stereocenters. The van der Waals surface area contributed by atoms with E-state index in [9.17, 15) is 0 Å². The van der Waals surface area contributed by atoms with Gasteiger partial charge in [0, 0.05) is 6.42 Å². The number of ether oxygens (including phenoxy) is 2. The number of hydrogen-bond acceptors (Lipinski definition) is 2. The summed E-state index contributed by atoms with van der Waals surface area (Å²) in [4.78, 5) is 0. The van der Waals surface area contributed by atoms with Crippen LogP contribution in [0.3, 0.4) is 0 Å². The summed E-state index contributed by atoms with van der Waals surface area (Å²) < 4.78 is 11.9. The Labute approximate surface area is 117 Å². The summed E-state index contributed by atoms with van der Waals surface area (Å²) >= 11 is 0. The predicted molar refractivity (Wildman–Crippen MR) is 81.3 cm³/mol. The molecule has 2 heteroatoms. The Kier molecular flexibility index (Phi) is 6.10. The first-order valence-corrected chi connectivity index (χ1v) is 7.01. The van der Waals surface area contributed by atoms with Crippen LogP contribution in [0.5, 0.6) is 5.75 Å². The van der Waals surface area contributed by atoms with E-state index in [1.54, 1.807) is 0 Å². The number of unbranched alkanes of at least 4 members (excludes halogenated alkanes) is 1. The minimum atomic E-state index is -0.195. The molecule has 0 radical (unpaired) electrons. The molecule has 0 fully saturated rings. The van der Waals surface area contributed by atoms with Crippen molar-refractivity contribution in [3.63, 3.8) is 0 Å². The van der Waals surface area contributed by atoms with E-state index in [-0.39, 0.29) is 11.9 Å². The topological polar surface area (TPSA) is 18.5 Å². The van der Waals surface area contributed by atoms with Gasteiger partial charge in [-0.25, -0.2) is 0 Å². The smallest absolute Gasteiger partial charge is 0.200 e. The van der Waals surface area contributed by atoms with Crippen LogP contribution in [-0.2, 0) is 4.74 Å². The molecule has 2 nitrogen and oxygen atoms in total. The molecule has 0 aliphatic rings. The summed E-state index contributed by atoms with van der Waals surface area (Å²) in [6, 6.07) is 7.91. The van der Waals surface area contributed by atoms with Gasteiger partial charge in [0.25, 0.3) is 0 Å². The quantitative estimate of drug-likeness (QED) is 0.641. The van der Waals surface area contributed by atoms with Gasteiger partial charge in [-0.3, -0.25) is 0 Å². The second-order valence-corrected chi connectivity index (χ2v) is 5.69. The SMILES string of the molecule is C=Cc1ccc(OC(CCCC)OC(C)(C)C)cc1. The van der Waals surface area contributed by atoms with Crippen LogP contribution in [0.1, 0.15) is 52.5 Å². The number of rotatable bonds is 7. The molecule has 19 heavy (non-hydrogen) atoms. The van der Waals surface area contributed by atoms with E-state index in [1.807, 2.05) is 30.3 Å². The summed E-state index contributed by atoms with van der Waals surface area (Å²) in [5.41, 5.74) is 0.897. The summed E-state index contributed by atoms with van der Waals surface area (Å²) in [5.74, 6) is 0.843. The van der Waals surface area contributed by atoms with Gasteiger partial charge in [-0.15, -0.1) is 0 Å². The van der Waals surface area contributed by atoms with Crippen LogP contribution in [0.2, 0.25) is 0 Å². The third kappa shape index (κ3) is 6.44. The average Bonchev–Trinajstić information content (AvgIpc) is 2.35. The first-order valence-electron chi connectivity index (χ1n) is 7.01. The van der Waals surface area contributed by atoms with Crippen LogP contribution in [0, 0.1) is 0 Å². The lowest BCUT2D eigenvalue weighted by Crippen LogP contribution is -2.31. The molecule has 106 valence electrons. The van der Waals surface area contributed by atoms with Crippen LogP contribution >= 0.6 is 0 Å². The summed E-state index contributed by atoms with van der Waals surface area (Å²) in [6.07, 6.45) is 4.80. The molecule has 0 N–H and O–H groups in total. The lowest BCUT2D eigenvalue weighted by Gasteiger charge is -2.28. The van der Waals surface area contributed by atoms with E-state index in [2.05, 4.69) is 34.3 Å². The maximum absolute atomic E-state index is 5.96. The second kappa shape index (κ2) is 7.34. The summed E-state index contributed by atoms with van der Waals surface area (Å²) in [7, 11) is 0. The van der Waals surface area contributed by atoms with Crippen molar-refractivity contribution in [1.82, 2.24) is 0 Å². The van der Waals surface area contributed by atoms with E-state index < -0.39 is 0 Å². The van der Waals surface area contributed by atoms with Gasteiger partial charge in [0.1, 0.15) is 5.75 Å². The van der Waals surface area contributed by atoms with Gasteiger partial charge in [0.2, 0.25) is 0 Å². The van der Waals surface area contributed by atoms with Crippen molar-refractivity contribution in [2.45, 2.75) is 58.8 Å². The Morgan fingerprint density at radius 1 is 1.21 bits per heavy atom. The van der Waals surface area contributed by atoms with Gasteiger partial charge in [0.15, 0.2) is 6.29 Å². The van der Waals surface area contributed by atoms with Crippen LogP contribution in [0.15, 0.2) is 30.8 Å². The highest BCUT2D eigenvalue weighted by molar-refractivity contribution is 5.48. The minimum absolute atomic E-state index is 0.186. The van der Waals surface area contributed by atoms with Crippen molar-refractivity contribution >= 4 is 6.08 Å². The molecule has 0 aliphatic carbocycles. The van der Waals surface area contributed by atoms with Gasteiger partial charge in [-0.2, -0.15) is 0 Å². The van der Waals surface area contributed by atoms with Crippen molar-refractivity contribution in [2.24, 2.45) is 0 Å². The Morgan fingerprint density at radius 3 is 2.32 bits per heavy atom. The van der Waals surface area contributed by atoms with Crippen molar-refractivity contribution in [1.29, 1.82) is 0 Å². The first-order chi connectivity index (χ1) is 8.94. The van der Waals surface area contributed by atoms with Crippen molar-refractivity contribution in [2.75, 3.05) is 0 Å². The normalized spacial score (nSPS) is 13.1. The van der Waals surface area contributed by atoms with Gasteiger partial charge in [-0.1, -0.05) is 38.1 Å². The maximum atomic E-state index is 5.96. The molecule has 1 rings (SSSR count). The van der Waals surface area contributed by atoms with E-state index in [4.69, 9.17) is 9.47 Å². The molecule has 0 saturated carbocycles. The molecule has 0 aliphatic heterocycles. The number of hydrogen-bond donors (Lipinski definition) is 0. The molecular weight excluding hydrogens is 236 g/mol. The van der Waals surface area contributed by atoms with E-state index in [1.165, 1.54) is 0 Å². The molecule has 1 aromatic carbocycles. The lowest BCUT2D eigenvalue weighted by atomic mass is 10.2. The highest BCUT2D eigenvalue weighted by Crippen LogP contribution is 2.21. The van der Waals surface area contributed by atoms with Crippen LogP contribution in [0.25, 0.3) is 6.08 Å². The monoisotopic (exact) mass is 262 g/mol. The Bertz CT molecular complexity index is 373. The lowest BCUT2D eigenvalue weighted by molar-refractivity contribution is -0.154. The molecular formula is C17H26O2. The molecule has 0 saturated heterocycles. The fraction of sp³-hybridized carbons (Fsp3) is 0.529. The fourth-order valence-corrected chi connectivity index (χ4v) is 1.74. The maximum Gasteiger partial charge on any atom is 0.200 e. The third-order valence-corrected chi connectivity index (χ3v) is 2.66. The van der Waals surface area contributed by atoms with Gasteiger partial charge < -0.3 is 9.47 Å². The molecule has 1 aromatic rings. The molecule has 0 heterocycles. The molecule has 0 spiro atoms. The summed E-state index contributed by atoms with van der Waals surface area (Å²) in [6.45, 7) is 12.1. The van der Waals surface area contributed by atoms with Crippen LogP contribution < -0.4 is 4.74 Å². The average molecular weight is 262 g/mol. The zero-order valence-corrected chi connectivity index (χ0v) is 12.6. The molecule has 0 aromatic heterocycles.